The molecule has 0 radical (unpaired) electrons. The molecule has 0 amide bonds. The molecule has 6 nitrogen and oxygen atoms in total. The van der Waals surface area contributed by atoms with Crippen LogP contribution in [0.5, 0.6) is 5.75 Å². The average molecular weight is 417 g/mol. The molecule has 0 saturated heterocycles. The third-order valence-corrected chi connectivity index (χ3v) is 5.19. The van der Waals surface area contributed by atoms with Crippen molar-refractivity contribution in [3.63, 3.8) is 0 Å². The van der Waals surface area contributed by atoms with Gasteiger partial charge in [-0.3, -0.25) is 4.79 Å². The molecule has 28 heavy (non-hydrogen) atoms. The number of hydrogen-bond donors (Lipinski definition) is 1. The van der Waals surface area contributed by atoms with Crippen molar-refractivity contribution in [2.45, 2.75) is 30.1 Å². The number of methoxy groups -OCH3 is 1. The molecular formula is C18H18F3NO5S. The Morgan fingerprint density at radius 2 is 1.68 bits per heavy atom. The van der Waals surface area contributed by atoms with Gasteiger partial charge in [0, 0.05) is 6.04 Å². The van der Waals surface area contributed by atoms with E-state index in [1.807, 2.05) is 0 Å². The Morgan fingerprint density at radius 3 is 2.21 bits per heavy atom. The number of alkyl halides is 3. The molecule has 10 heteroatoms. The quantitative estimate of drug-likeness (QED) is 0.668. The molecule has 2 aromatic rings. The normalized spacial score (nSPS) is 13.0. The van der Waals surface area contributed by atoms with Crippen LogP contribution in [0, 0.1) is 0 Å². The van der Waals surface area contributed by atoms with Gasteiger partial charge in [-0.15, -0.1) is 13.2 Å². The Balaban J connectivity index is 2.17. The second kappa shape index (κ2) is 9.07. The number of benzene rings is 2. The van der Waals surface area contributed by atoms with Crippen molar-refractivity contribution < 1.29 is 35.9 Å². The second-order valence-corrected chi connectivity index (χ2v) is 7.52. The molecule has 0 heterocycles. The summed E-state index contributed by atoms with van der Waals surface area (Å²) in [5.74, 6) is -1.14. The highest BCUT2D eigenvalue weighted by atomic mass is 32.2. The maximum Gasteiger partial charge on any atom is 0.573 e. The zero-order valence-corrected chi connectivity index (χ0v) is 15.6. The number of carbonyl (C=O) groups is 1. The molecule has 152 valence electrons. The number of nitrogens with one attached hydrogen (secondary N) is 1. The van der Waals surface area contributed by atoms with E-state index < -0.39 is 34.1 Å². The van der Waals surface area contributed by atoms with Crippen LogP contribution in [0.1, 0.15) is 12.0 Å². The van der Waals surface area contributed by atoms with E-state index in [9.17, 15) is 26.4 Å². The smallest absolute Gasteiger partial charge is 0.469 e. The first-order valence-electron chi connectivity index (χ1n) is 8.08. The first-order chi connectivity index (χ1) is 13.1. The molecule has 2 rings (SSSR count). The standard InChI is InChI=1S/C18H18F3NO5S/c1-26-17(23)12-14(11-13-5-3-2-4-6-13)22-28(24,25)16-9-7-15(8-10-16)27-18(19,20)21/h2-10,14,22H,11-12H2,1H3/t14-/m0/s1. The molecule has 0 aliphatic heterocycles. The van der Waals surface area contributed by atoms with E-state index in [0.29, 0.717) is 0 Å². The van der Waals surface area contributed by atoms with Crippen molar-refractivity contribution in [1.29, 1.82) is 0 Å². The van der Waals surface area contributed by atoms with E-state index in [2.05, 4.69) is 14.2 Å². The van der Waals surface area contributed by atoms with Crippen LogP contribution >= 0.6 is 0 Å². The van der Waals surface area contributed by atoms with E-state index in [-0.39, 0.29) is 17.7 Å². The van der Waals surface area contributed by atoms with Crippen LogP contribution in [0.3, 0.4) is 0 Å². The Bertz CT molecular complexity index is 884. The van der Waals surface area contributed by atoms with Crippen LogP contribution in [0.15, 0.2) is 59.5 Å². The number of rotatable bonds is 8. The molecule has 0 spiro atoms. The number of hydrogen-bond acceptors (Lipinski definition) is 5. The van der Waals surface area contributed by atoms with Crippen LogP contribution in [0.4, 0.5) is 13.2 Å². The Kier molecular flexibility index (Phi) is 7.03. The van der Waals surface area contributed by atoms with Crippen molar-refractivity contribution in [3.05, 3.63) is 60.2 Å². The van der Waals surface area contributed by atoms with Crippen LogP contribution in [0.2, 0.25) is 0 Å². The lowest BCUT2D eigenvalue weighted by molar-refractivity contribution is -0.274. The molecule has 1 atom stereocenters. The van der Waals surface area contributed by atoms with Gasteiger partial charge in [-0.1, -0.05) is 30.3 Å². The van der Waals surface area contributed by atoms with Crippen molar-refractivity contribution in [2.75, 3.05) is 7.11 Å². The lowest BCUT2D eigenvalue weighted by Crippen LogP contribution is -2.38. The summed E-state index contributed by atoms with van der Waals surface area (Å²) in [4.78, 5) is 11.4. The Hall–Kier alpha value is -2.59. The first-order valence-corrected chi connectivity index (χ1v) is 9.56. The largest absolute Gasteiger partial charge is 0.573 e. The molecule has 0 bridgehead atoms. The van der Waals surface area contributed by atoms with Gasteiger partial charge in [-0.2, -0.15) is 0 Å². The van der Waals surface area contributed by atoms with Crippen molar-refractivity contribution in [1.82, 2.24) is 4.72 Å². The topological polar surface area (TPSA) is 81.7 Å². The summed E-state index contributed by atoms with van der Waals surface area (Å²) in [6, 6.07) is 11.9. The van der Waals surface area contributed by atoms with Gasteiger partial charge in [-0.05, 0) is 36.2 Å². The first kappa shape index (κ1) is 21.7. The van der Waals surface area contributed by atoms with Gasteiger partial charge in [0.05, 0.1) is 18.4 Å². The molecule has 0 aliphatic rings. The van der Waals surface area contributed by atoms with Gasteiger partial charge < -0.3 is 9.47 Å². The summed E-state index contributed by atoms with van der Waals surface area (Å²) in [6.45, 7) is 0. The maximum absolute atomic E-state index is 12.6. The zero-order valence-electron chi connectivity index (χ0n) is 14.8. The minimum absolute atomic E-state index is 0.208. The fraction of sp³-hybridized carbons (Fsp3) is 0.278. The third kappa shape index (κ3) is 6.86. The van der Waals surface area contributed by atoms with E-state index in [1.165, 1.54) is 7.11 Å². The highest BCUT2D eigenvalue weighted by molar-refractivity contribution is 7.89. The maximum atomic E-state index is 12.6. The molecule has 0 saturated carbocycles. The molecule has 0 aromatic heterocycles. The molecular weight excluding hydrogens is 399 g/mol. The Morgan fingerprint density at radius 1 is 1.07 bits per heavy atom. The summed E-state index contributed by atoms with van der Waals surface area (Å²) in [5, 5.41) is 0. The average Bonchev–Trinajstić information content (AvgIpc) is 2.61. The van der Waals surface area contributed by atoms with Gasteiger partial charge in [0.2, 0.25) is 10.0 Å². The van der Waals surface area contributed by atoms with Gasteiger partial charge >= 0.3 is 12.3 Å². The van der Waals surface area contributed by atoms with E-state index in [0.717, 1.165) is 29.8 Å². The fourth-order valence-corrected chi connectivity index (χ4v) is 3.68. The summed E-state index contributed by atoms with van der Waals surface area (Å²) in [6.07, 6.45) is -4.86. The summed E-state index contributed by atoms with van der Waals surface area (Å²) >= 11 is 0. The Labute approximate surface area is 160 Å². The van der Waals surface area contributed by atoms with Crippen LogP contribution in [0.25, 0.3) is 0 Å². The summed E-state index contributed by atoms with van der Waals surface area (Å²) in [7, 11) is -2.90. The number of halogens is 3. The van der Waals surface area contributed by atoms with Crippen LogP contribution in [-0.2, 0) is 26.0 Å². The molecule has 0 unspecified atom stereocenters. The lowest BCUT2D eigenvalue weighted by atomic mass is 10.0. The molecule has 0 fully saturated rings. The summed E-state index contributed by atoms with van der Waals surface area (Å²) in [5.41, 5.74) is 0.799. The monoisotopic (exact) mass is 417 g/mol. The SMILES string of the molecule is COC(=O)C[C@H](Cc1ccccc1)NS(=O)(=O)c1ccc(OC(F)(F)F)cc1. The highest BCUT2D eigenvalue weighted by Gasteiger charge is 2.31. The van der Waals surface area contributed by atoms with Gasteiger partial charge in [0.1, 0.15) is 5.75 Å². The summed E-state index contributed by atoms with van der Waals surface area (Å²) < 4.78 is 72.5. The van der Waals surface area contributed by atoms with E-state index in [4.69, 9.17) is 0 Å². The van der Waals surface area contributed by atoms with Crippen molar-refractivity contribution in [2.24, 2.45) is 0 Å². The number of sulfonamides is 1. The minimum atomic E-state index is -4.88. The molecule has 1 N–H and O–H groups in total. The van der Waals surface area contributed by atoms with Gasteiger partial charge in [-0.25, -0.2) is 13.1 Å². The molecule has 0 aliphatic carbocycles. The van der Waals surface area contributed by atoms with Crippen molar-refractivity contribution >= 4 is 16.0 Å². The predicted octanol–water partition coefficient (Wildman–Crippen LogP) is 3.04. The number of ether oxygens (including phenoxy) is 2. The predicted molar refractivity (Wildman–Crippen MR) is 94.0 cm³/mol. The lowest BCUT2D eigenvalue weighted by Gasteiger charge is -2.18. The van der Waals surface area contributed by atoms with E-state index >= 15 is 0 Å². The number of carbonyl (C=O) groups excluding carboxylic acids is 1. The highest BCUT2D eigenvalue weighted by Crippen LogP contribution is 2.24. The minimum Gasteiger partial charge on any atom is -0.469 e. The van der Waals surface area contributed by atoms with Crippen molar-refractivity contribution in [3.8, 4) is 5.75 Å². The van der Waals surface area contributed by atoms with Gasteiger partial charge in [0.15, 0.2) is 0 Å². The van der Waals surface area contributed by atoms with Gasteiger partial charge in [0.25, 0.3) is 0 Å². The number of esters is 1. The second-order valence-electron chi connectivity index (χ2n) is 5.81. The van der Waals surface area contributed by atoms with Crippen LogP contribution in [-0.4, -0.2) is 33.9 Å². The zero-order chi connectivity index (χ0) is 20.8. The third-order valence-electron chi connectivity index (χ3n) is 3.66. The molecule has 2 aromatic carbocycles. The van der Waals surface area contributed by atoms with E-state index in [1.54, 1.807) is 30.3 Å². The fourth-order valence-electron chi connectivity index (χ4n) is 2.45. The van der Waals surface area contributed by atoms with Crippen LogP contribution < -0.4 is 9.46 Å².